The Morgan fingerprint density at radius 1 is 1.12 bits per heavy atom. The van der Waals surface area contributed by atoms with Gasteiger partial charge in [0.25, 0.3) is 0 Å². The van der Waals surface area contributed by atoms with Crippen LogP contribution in [0.1, 0.15) is 18.5 Å². The van der Waals surface area contributed by atoms with Gasteiger partial charge in [-0.3, -0.25) is 4.98 Å². The van der Waals surface area contributed by atoms with E-state index in [1.807, 2.05) is 30.3 Å². The molecule has 2 aromatic rings. The summed E-state index contributed by atoms with van der Waals surface area (Å²) in [6.45, 7) is 3.34. The molecule has 2 heterocycles. The van der Waals surface area contributed by atoms with Crippen molar-refractivity contribution in [3.63, 3.8) is 0 Å². The number of methoxy groups -OCH3 is 1. The van der Waals surface area contributed by atoms with Crippen LogP contribution in [0.15, 0.2) is 42.6 Å². The summed E-state index contributed by atoms with van der Waals surface area (Å²) in [6, 6.07) is 11.5. The monoisotopic (exact) mass is 354 g/mol. The molecule has 1 aromatic carbocycles. The van der Waals surface area contributed by atoms with Gasteiger partial charge in [-0.05, 0) is 48.9 Å². The third kappa shape index (κ3) is 3.93. The van der Waals surface area contributed by atoms with Gasteiger partial charge in [-0.25, -0.2) is 0 Å². The van der Waals surface area contributed by atoms with Crippen molar-refractivity contribution < 1.29 is 14.6 Å². The number of hydrogen-bond acceptors (Lipinski definition) is 5. The Hall–Kier alpha value is -2.27. The van der Waals surface area contributed by atoms with Crippen LogP contribution in [0.2, 0.25) is 0 Å². The molecule has 4 rings (SSSR count). The first kappa shape index (κ1) is 17.2. The van der Waals surface area contributed by atoms with Crippen LogP contribution < -0.4 is 9.47 Å². The fraction of sp³-hybridized carbons (Fsp3) is 0.476. The number of aromatic nitrogens is 1. The van der Waals surface area contributed by atoms with Crippen LogP contribution in [0.25, 0.3) is 0 Å². The largest absolute Gasteiger partial charge is 0.506 e. The van der Waals surface area contributed by atoms with Gasteiger partial charge in [0.2, 0.25) is 0 Å². The maximum atomic E-state index is 9.31. The van der Waals surface area contributed by atoms with Crippen molar-refractivity contribution >= 4 is 0 Å². The van der Waals surface area contributed by atoms with Crippen molar-refractivity contribution in [2.75, 3.05) is 26.7 Å². The number of pyridine rings is 1. The van der Waals surface area contributed by atoms with Crippen molar-refractivity contribution in [2.45, 2.75) is 25.4 Å². The summed E-state index contributed by atoms with van der Waals surface area (Å²) in [6.07, 6.45) is 5.04. The van der Waals surface area contributed by atoms with E-state index < -0.39 is 0 Å². The zero-order chi connectivity index (χ0) is 17.9. The standard InChI is InChI=1S/C21H26N2O3/c1-25-19-3-2-4-20(11-19)26-21-9-15-13-23(14-16(15)10-21)8-7-17-5-6-18(24)12-22-17/h2-6,11-12,15-16,21,24H,7-10,13-14H2,1H3/t15-,16+,21?. The Morgan fingerprint density at radius 3 is 2.58 bits per heavy atom. The van der Waals surface area contributed by atoms with E-state index in [0.29, 0.717) is 6.10 Å². The third-order valence-corrected chi connectivity index (χ3v) is 5.62. The molecule has 5 heteroatoms. The second-order valence-electron chi connectivity index (χ2n) is 7.43. The number of ether oxygens (including phenoxy) is 2. The summed E-state index contributed by atoms with van der Waals surface area (Å²) in [5.74, 6) is 3.45. The highest BCUT2D eigenvalue weighted by atomic mass is 16.5. The van der Waals surface area contributed by atoms with E-state index in [4.69, 9.17) is 9.47 Å². The van der Waals surface area contributed by atoms with Crippen LogP contribution in [0.5, 0.6) is 17.2 Å². The Bertz CT molecular complexity index is 720. The van der Waals surface area contributed by atoms with Gasteiger partial charge < -0.3 is 19.5 Å². The molecule has 0 amide bonds. The van der Waals surface area contributed by atoms with E-state index in [1.54, 1.807) is 13.2 Å². The average molecular weight is 354 g/mol. The molecule has 5 nitrogen and oxygen atoms in total. The van der Waals surface area contributed by atoms with Crippen LogP contribution in [-0.4, -0.2) is 47.8 Å². The normalized spacial score (nSPS) is 25.2. The molecule has 1 saturated carbocycles. The number of fused-ring (bicyclic) bond motifs is 1. The molecule has 0 radical (unpaired) electrons. The lowest BCUT2D eigenvalue weighted by Crippen LogP contribution is -2.26. The first-order valence-corrected chi connectivity index (χ1v) is 9.36. The molecule has 0 spiro atoms. The molecule has 26 heavy (non-hydrogen) atoms. The third-order valence-electron chi connectivity index (χ3n) is 5.62. The van der Waals surface area contributed by atoms with E-state index in [-0.39, 0.29) is 5.75 Å². The van der Waals surface area contributed by atoms with E-state index >= 15 is 0 Å². The predicted molar refractivity (Wildman–Crippen MR) is 99.7 cm³/mol. The molecule has 138 valence electrons. The van der Waals surface area contributed by atoms with Crippen LogP contribution in [0.3, 0.4) is 0 Å². The van der Waals surface area contributed by atoms with Crippen LogP contribution in [-0.2, 0) is 6.42 Å². The van der Waals surface area contributed by atoms with Gasteiger partial charge in [-0.15, -0.1) is 0 Å². The van der Waals surface area contributed by atoms with E-state index in [9.17, 15) is 5.11 Å². The summed E-state index contributed by atoms with van der Waals surface area (Å²) in [5.41, 5.74) is 1.04. The van der Waals surface area contributed by atoms with Crippen molar-refractivity contribution in [3.05, 3.63) is 48.3 Å². The molecule has 2 aliphatic rings. The van der Waals surface area contributed by atoms with Gasteiger partial charge >= 0.3 is 0 Å². The minimum Gasteiger partial charge on any atom is -0.506 e. The highest BCUT2D eigenvalue weighted by Crippen LogP contribution is 2.40. The van der Waals surface area contributed by atoms with Crippen molar-refractivity contribution in [1.29, 1.82) is 0 Å². The predicted octanol–water partition coefficient (Wildman–Crippen LogP) is 3.13. The maximum Gasteiger partial charge on any atom is 0.133 e. The molecule has 2 fully saturated rings. The van der Waals surface area contributed by atoms with E-state index in [2.05, 4.69) is 9.88 Å². The Morgan fingerprint density at radius 2 is 1.88 bits per heavy atom. The SMILES string of the molecule is COc1cccc(OC2C[C@@H]3CN(CCc4ccc(O)cn4)C[C@@H]3C2)c1. The zero-order valence-electron chi connectivity index (χ0n) is 15.2. The molecule has 1 aliphatic carbocycles. The van der Waals surface area contributed by atoms with Crippen LogP contribution in [0, 0.1) is 11.8 Å². The average Bonchev–Trinajstić information content (AvgIpc) is 3.19. The molecular formula is C21H26N2O3. The summed E-state index contributed by atoms with van der Waals surface area (Å²) in [4.78, 5) is 6.82. The molecule has 1 saturated heterocycles. The molecule has 0 bridgehead atoms. The molecule has 1 unspecified atom stereocenters. The Kier molecular flexibility index (Phi) is 4.98. The van der Waals surface area contributed by atoms with Crippen molar-refractivity contribution in [3.8, 4) is 17.2 Å². The van der Waals surface area contributed by atoms with Gasteiger partial charge in [0.15, 0.2) is 0 Å². The van der Waals surface area contributed by atoms with Gasteiger partial charge in [0.1, 0.15) is 17.2 Å². The van der Waals surface area contributed by atoms with Crippen LogP contribution >= 0.6 is 0 Å². The summed E-state index contributed by atoms with van der Waals surface area (Å²) in [7, 11) is 1.68. The van der Waals surface area contributed by atoms with Gasteiger partial charge in [0, 0.05) is 37.8 Å². The number of hydrogen-bond donors (Lipinski definition) is 1. The fourth-order valence-corrected chi connectivity index (χ4v) is 4.32. The zero-order valence-corrected chi connectivity index (χ0v) is 15.2. The number of rotatable bonds is 6. The maximum absolute atomic E-state index is 9.31. The second kappa shape index (κ2) is 7.54. The first-order valence-electron chi connectivity index (χ1n) is 9.36. The van der Waals surface area contributed by atoms with Gasteiger partial charge in [0.05, 0.1) is 19.4 Å². The molecule has 1 aliphatic heterocycles. The fourth-order valence-electron chi connectivity index (χ4n) is 4.32. The lowest BCUT2D eigenvalue weighted by atomic mass is 10.0. The van der Waals surface area contributed by atoms with Gasteiger partial charge in [-0.1, -0.05) is 6.07 Å². The highest BCUT2D eigenvalue weighted by molar-refractivity contribution is 5.33. The number of benzene rings is 1. The minimum atomic E-state index is 0.228. The van der Waals surface area contributed by atoms with E-state index in [0.717, 1.165) is 67.9 Å². The van der Waals surface area contributed by atoms with Crippen LogP contribution in [0.4, 0.5) is 0 Å². The first-order chi connectivity index (χ1) is 12.7. The quantitative estimate of drug-likeness (QED) is 0.864. The second-order valence-corrected chi connectivity index (χ2v) is 7.43. The van der Waals surface area contributed by atoms with Gasteiger partial charge in [-0.2, -0.15) is 0 Å². The Labute approximate surface area is 154 Å². The van der Waals surface area contributed by atoms with Crippen molar-refractivity contribution in [1.82, 2.24) is 9.88 Å². The minimum absolute atomic E-state index is 0.228. The molecule has 3 atom stereocenters. The molecule has 1 N–H and O–H groups in total. The summed E-state index contributed by atoms with van der Waals surface area (Å²) >= 11 is 0. The lowest BCUT2D eigenvalue weighted by molar-refractivity contribution is 0.185. The number of likely N-dealkylation sites (tertiary alicyclic amines) is 1. The molecular weight excluding hydrogens is 328 g/mol. The lowest BCUT2D eigenvalue weighted by Gasteiger charge is -2.20. The molecule has 1 aromatic heterocycles. The number of nitrogens with zero attached hydrogens (tertiary/aromatic N) is 2. The topological polar surface area (TPSA) is 54.8 Å². The van der Waals surface area contributed by atoms with Crippen molar-refractivity contribution in [2.24, 2.45) is 11.8 Å². The smallest absolute Gasteiger partial charge is 0.133 e. The Balaban J connectivity index is 1.25. The summed E-state index contributed by atoms with van der Waals surface area (Å²) < 4.78 is 11.5. The summed E-state index contributed by atoms with van der Waals surface area (Å²) in [5, 5.41) is 9.31. The highest BCUT2D eigenvalue weighted by Gasteiger charge is 2.41. The van der Waals surface area contributed by atoms with E-state index in [1.165, 1.54) is 6.20 Å². The number of aromatic hydroxyl groups is 1.